The lowest BCUT2D eigenvalue weighted by Gasteiger charge is -2.31. The molecule has 0 radical (unpaired) electrons. The molecule has 1 saturated heterocycles. The Kier molecular flexibility index (Phi) is 7.90. The van der Waals surface area contributed by atoms with E-state index in [1.165, 1.54) is 12.8 Å². The Morgan fingerprint density at radius 3 is 2.29 bits per heavy atom. The highest BCUT2D eigenvalue weighted by atomic mass is 16.5. The first kappa shape index (κ1) is 20.8. The second-order valence-electron chi connectivity index (χ2n) is 8.07. The van der Waals surface area contributed by atoms with Crippen LogP contribution in [0.2, 0.25) is 0 Å². The lowest BCUT2D eigenvalue weighted by Crippen LogP contribution is -2.39. The van der Waals surface area contributed by atoms with E-state index in [9.17, 15) is 9.59 Å². The Morgan fingerprint density at radius 1 is 0.929 bits per heavy atom. The molecule has 2 heterocycles. The van der Waals surface area contributed by atoms with Crippen molar-refractivity contribution in [1.82, 2.24) is 4.90 Å². The Morgan fingerprint density at radius 2 is 1.57 bits per heavy atom. The number of para-hydroxylation sites is 1. The predicted octanol–water partition coefficient (Wildman–Crippen LogP) is 4.15. The molecule has 2 aliphatic heterocycles. The first-order valence-corrected chi connectivity index (χ1v) is 10.9. The molecule has 0 aliphatic carbocycles. The van der Waals surface area contributed by atoms with Gasteiger partial charge in [-0.2, -0.15) is 0 Å². The van der Waals surface area contributed by atoms with Crippen molar-refractivity contribution in [2.45, 2.75) is 64.8 Å². The molecule has 0 saturated carbocycles. The van der Waals surface area contributed by atoms with Gasteiger partial charge in [0.1, 0.15) is 0 Å². The molecule has 2 aliphatic rings. The minimum atomic E-state index is 0.0699. The molecule has 5 nitrogen and oxygen atoms in total. The van der Waals surface area contributed by atoms with Crippen LogP contribution in [0, 0.1) is 5.92 Å². The minimum Gasteiger partial charge on any atom is -0.381 e. The molecule has 5 heteroatoms. The van der Waals surface area contributed by atoms with Gasteiger partial charge in [-0.25, -0.2) is 0 Å². The first-order valence-electron chi connectivity index (χ1n) is 10.9. The van der Waals surface area contributed by atoms with Crippen LogP contribution in [0.3, 0.4) is 0 Å². The number of nitrogens with zero attached hydrogens (tertiary/aromatic N) is 2. The van der Waals surface area contributed by atoms with Crippen LogP contribution in [-0.2, 0) is 20.9 Å². The number of ether oxygens (including phenoxy) is 1. The molecule has 0 spiro atoms. The monoisotopic (exact) mass is 386 g/mol. The normalized spacial score (nSPS) is 20.5. The lowest BCUT2D eigenvalue weighted by molar-refractivity contribution is -0.139. The zero-order valence-electron chi connectivity index (χ0n) is 17.2. The van der Waals surface area contributed by atoms with Gasteiger partial charge in [-0.05, 0) is 37.3 Å². The summed E-state index contributed by atoms with van der Waals surface area (Å²) in [6.45, 7) is 5.12. The number of hydrogen-bond acceptors (Lipinski definition) is 3. The number of anilines is 1. The van der Waals surface area contributed by atoms with E-state index in [-0.39, 0.29) is 17.7 Å². The second kappa shape index (κ2) is 10.6. The average Bonchev–Trinajstić information content (AvgIpc) is 2.73. The van der Waals surface area contributed by atoms with Crippen LogP contribution in [0.25, 0.3) is 0 Å². The van der Waals surface area contributed by atoms with Gasteiger partial charge < -0.3 is 14.5 Å². The number of rotatable bonds is 1. The van der Waals surface area contributed by atoms with Gasteiger partial charge in [0.25, 0.3) is 0 Å². The molecule has 1 aromatic carbocycles. The molecule has 0 aromatic heterocycles. The Bertz CT molecular complexity index is 655. The standard InChI is InChI=1S/C23H34N2O3/c1-19(26)25-15-9-5-3-2-4-8-14-24(18-21-10-6-7-11-22(21)25)23(27)20-12-16-28-17-13-20/h6-7,10-11,20H,2-5,8-9,12-18H2,1H3. The summed E-state index contributed by atoms with van der Waals surface area (Å²) < 4.78 is 5.44. The number of amides is 2. The quantitative estimate of drug-likeness (QED) is 0.728. The molecule has 0 N–H and O–H groups in total. The fraction of sp³-hybridized carbons (Fsp3) is 0.652. The summed E-state index contributed by atoms with van der Waals surface area (Å²) in [5, 5.41) is 0. The third-order valence-corrected chi connectivity index (χ3v) is 5.97. The number of hydrogen-bond donors (Lipinski definition) is 0. The van der Waals surface area contributed by atoms with Crippen LogP contribution in [0.4, 0.5) is 5.69 Å². The van der Waals surface area contributed by atoms with Crippen molar-refractivity contribution >= 4 is 17.5 Å². The van der Waals surface area contributed by atoms with Crippen molar-refractivity contribution in [3.05, 3.63) is 29.8 Å². The Balaban J connectivity index is 1.85. The zero-order valence-corrected chi connectivity index (χ0v) is 17.2. The summed E-state index contributed by atoms with van der Waals surface area (Å²) in [4.78, 5) is 29.5. The molecule has 0 atom stereocenters. The molecule has 3 rings (SSSR count). The summed E-state index contributed by atoms with van der Waals surface area (Å²) in [5.41, 5.74) is 2.02. The molecule has 1 aromatic rings. The highest BCUT2D eigenvalue weighted by molar-refractivity contribution is 5.92. The third kappa shape index (κ3) is 5.57. The van der Waals surface area contributed by atoms with Gasteiger partial charge in [-0.15, -0.1) is 0 Å². The molecular formula is C23H34N2O3. The van der Waals surface area contributed by atoms with Gasteiger partial charge in [0.15, 0.2) is 0 Å². The van der Waals surface area contributed by atoms with E-state index in [4.69, 9.17) is 4.74 Å². The van der Waals surface area contributed by atoms with Gasteiger partial charge in [0.2, 0.25) is 11.8 Å². The van der Waals surface area contributed by atoms with Crippen LogP contribution >= 0.6 is 0 Å². The molecule has 2 amide bonds. The summed E-state index contributed by atoms with van der Waals surface area (Å²) in [5.74, 6) is 0.396. The van der Waals surface area contributed by atoms with Crippen molar-refractivity contribution in [2.75, 3.05) is 31.2 Å². The Labute approximate surface area is 169 Å². The molecule has 28 heavy (non-hydrogen) atoms. The topological polar surface area (TPSA) is 49.9 Å². The zero-order chi connectivity index (χ0) is 19.8. The van der Waals surface area contributed by atoms with Crippen LogP contribution in [0.1, 0.15) is 63.9 Å². The van der Waals surface area contributed by atoms with Crippen molar-refractivity contribution in [2.24, 2.45) is 5.92 Å². The summed E-state index contributed by atoms with van der Waals surface area (Å²) in [6.07, 6.45) is 8.42. The number of benzene rings is 1. The van der Waals surface area contributed by atoms with Gasteiger partial charge >= 0.3 is 0 Å². The number of carbonyl (C=O) groups excluding carboxylic acids is 2. The van der Waals surface area contributed by atoms with E-state index < -0.39 is 0 Å². The maximum atomic E-state index is 13.3. The van der Waals surface area contributed by atoms with Crippen molar-refractivity contribution in [1.29, 1.82) is 0 Å². The van der Waals surface area contributed by atoms with Crippen molar-refractivity contribution < 1.29 is 14.3 Å². The summed E-state index contributed by atoms with van der Waals surface area (Å²) in [7, 11) is 0. The summed E-state index contributed by atoms with van der Waals surface area (Å²) >= 11 is 0. The SMILES string of the molecule is CC(=O)N1CCCCCCCCN(C(=O)C2CCOCC2)Cc2ccccc21. The smallest absolute Gasteiger partial charge is 0.226 e. The summed E-state index contributed by atoms with van der Waals surface area (Å²) in [6, 6.07) is 8.08. The van der Waals surface area contributed by atoms with E-state index in [0.29, 0.717) is 19.8 Å². The molecular weight excluding hydrogens is 352 g/mol. The van der Waals surface area contributed by atoms with Crippen LogP contribution < -0.4 is 4.90 Å². The average molecular weight is 387 g/mol. The van der Waals surface area contributed by atoms with Crippen LogP contribution in [0.5, 0.6) is 0 Å². The highest BCUT2D eigenvalue weighted by Crippen LogP contribution is 2.26. The Hall–Kier alpha value is -1.88. The highest BCUT2D eigenvalue weighted by Gasteiger charge is 2.27. The fourth-order valence-corrected chi connectivity index (χ4v) is 4.31. The van der Waals surface area contributed by atoms with Crippen molar-refractivity contribution in [3.8, 4) is 0 Å². The minimum absolute atomic E-state index is 0.0699. The number of carbonyl (C=O) groups is 2. The molecule has 0 bridgehead atoms. The lowest BCUT2D eigenvalue weighted by atomic mass is 9.98. The van der Waals surface area contributed by atoms with Crippen LogP contribution in [0.15, 0.2) is 24.3 Å². The van der Waals surface area contributed by atoms with Gasteiger partial charge in [0.05, 0.1) is 0 Å². The maximum Gasteiger partial charge on any atom is 0.226 e. The fourth-order valence-electron chi connectivity index (χ4n) is 4.31. The molecule has 0 unspecified atom stereocenters. The predicted molar refractivity (Wildman–Crippen MR) is 111 cm³/mol. The van der Waals surface area contributed by atoms with Gasteiger partial charge in [-0.3, -0.25) is 9.59 Å². The van der Waals surface area contributed by atoms with E-state index in [1.807, 2.05) is 28.0 Å². The molecule has 1 fully saturated rings. The van der Waals surface area contributed by atoms with Crippen LogP contribution in [-0.4, -0.2) is 43.0 Å². The van der Waals surface area contributed by atoms with Gasteiger partial charge in [0, 0.05) is 51.4 Å². The van der Waals surface area contributed by atoms with E-state index in [2.05, 4.69) is 6.07 Å². The second-order valence-corrected chi connectivity index (χ2v) is 8.07. The van der Waals surface area contributed by atoms with E-state index in [1.54, 1.807) is 6.92 Å². The maximum absolute atomic E-state index is 13.3. The largest absolute Gasteiger partial charge is 0.381 e. The van der Waals surface area contributed by atoms with E-state index >= 15 is 0 Å². The first-order chi connectivity index (χ1) is 13.7. The molecule has 154 valence electrons. The van der Waals surface area contributed by atoms with Gasteiger partial charge in [-0.1, -0.05) is 43.9 Å². The van der Waals surface area contributed by atoms with E-state index in [0.717, 1.165) is 62.9 Å². The van der Waals surface area contributed by atoms with Crippen molar-refractivity contribution in [3.63, 3.8) is 0 Å². The number of fused-ring (bicyclic) bond motifs is 1. The third-order valence-electron chi connectivity index (χ3n) is 5.97.